The van der Waals surface area contributed by atoms with Crippen LogP contribution in [0, 0.1) is 5.92 Å². The van der Waals surface area contributed by atoms with Crippen LogP contribution in [0.15, 0.2) is 30.3 Å². The zero-order chi connectivity index (χ0) is 17.0. The van der Waals surface area contributed by atoms with Crippen LogP contribution in [0.1, 0.15) is 44.6 Å². The first-order chi connectivity index (χ1) is 10.8. The fourth-order valence-electron chi connectivity index (χ4n) is 3.10. The normalized spacial score (nSPS) is 18.7. The number of hydrogen-bond donors (Lipinski definition) is 2. The highest BCUT2D eigenvalue weighted by Crippen LogP contribution is 2.30. The van der Waals surface area contributed by atoms with Crippen molar-refractivity contribution in [2.45, 2.75) is 44.6 Å². The van der Waals surface area contributed by atoms with E-state index in [1.807, 2.05) is 30.3 Å². The third kappa shape index (κ3) is 4.10. The lowest BCUT2D eigenvalue weighted by molar-refractivity contribution is -0.165. The number of carboxylic acids is 1. The molecule has 1 aromatic carbocycles. The summed E-state index contributed by atoms with van der Waals surface area (Å²) in [6.45, 7) is 4.79. The molecule has 0 bridgehead atoms. The molecule has 1 aliphatic heterocycles. The van der Waals surface area contributed by atoms with E-state index < -0.39 is 11.6 Å². The number of likely N-dealkylation sites (tertiary alicyclic amines) is 1. The van der Waals surface area contributed by atoms with E-state index in [2.05, 4.69) is 13.8 Å². The second kappa shape index (κ2) is 7.13. The number of aliphatic hydroxyl groups is 1. The van der Waals surface area contributed by atoms with Gasteiger partial charge in [0.1, 0.15) is 0 Å². The number of carbonyl (C=O) groups excluding carboxylic acids is 1. The Kier molecular flexibility index (Phi) is 5.42. The molecule has 2 N–H and O–H groups in total. The van der Waals surface area contributed by atoms with Gasteiger partial charge >= 0.3 is 5.97 Å². The summed E-state index contributed by atoms with van der Waals surface area (Å²) in [5.74, 6) is -0.694. The molecule has 1 amide bonds. The number of carboxylic acid groups (broad SMARTS) is 1. The van der Waals surface area contributed by atoms with Gasteiger partial charge in [0.25, 0.3) is 0 Å². The Labute approximate surface area is 136 Å². The minimum absolute atomic E-state index is 0.0278. The average molecular weight is 319 g/mol. The Morgan fingerprint density at radius 3 is 2.22 bits per heavy atom. The van der Waals surface area contributed by atoms with Crippen LogP contribution in [0.4, 0.5) is 0 Å². The first kappa shape index (κ1) is 17.5. The third-order valence-corrected chi connectivity index (χ3v) is 4.77. The number of amides is 1. The first-order valence-corrected chi connectivity index (χ1v) is 8.12. The van der Waals surface area contributed by atoms with E-state index in [9.17, 15) is 14.7 Å². The summed E-state index contributed by atoms with van der Waals surface area (Å²) in [5, 5.41) is 19.0. The standard InChI is InChI=1S/C18H25NO4/c1-13(2)15(14-6-4-3-5-7-14)12-16(20)19-10-8-18(23,9-11-19)17(21)22/h3-7,13,15,23H,8-12H2,1-2H3,(H,21,22). The molecule has 1 atom stereocenters. The van der Waals surface area contributed by atoms with Crippen LogP contribution < -0.4 is 0 Å². The number of aliphatic carboxylic acids is 1. The lowest BCUT2D eigenvalue weighted by Crippen LogP contribution is -2.51. The van der Waals surface area contributed by atoms with E-state index in [-0.39, 0.29) is 24.7 Å². The van der Waals surface area contributed by atoms with Crippen molar-refractivity contribution < 1.29 is 19.8 Å². The SMILES string of the molecule is CC(C)C(CC(=O)N1CCC(O)(C(=O)O)CC1)c1ccccc1. The van der Waals surface area contributed by atoms with Gasteiger partial charge in [0.15, 0.2) is 5.60 Å². The summed E-state index contributed by atoms with van der Waals surface area (Å²) in [5.41, 5.74) is -0.539. The number of carbonyl (C=O) groups is 2. The van der Waals surface area contributed by atoms with Gasteiger partial charge in [-0.05, 0) is 17.4 Å². The summed E-state index contributed by atoms with van der Waals surface area (Å²) in [4.78, 5) is 25.3. The van der Waals surface area contributed by atoms with Gasteiger partial charge in [-0.25, -0.2) is 4.79 Å². The second-order valence-corrected chi connectivity index (χ2v) is 6.68. The predicted molar refractivity (Wildman–Crippen MR) is 87.0 cm³/mol. The third-order valence-electron chi connectivity index (χ3n) is 4.77. The monoisotopic (exact) mass is 319 g/mol. The predicted octanol–water partition coefficient (Wildman–Crippen LogP) is 2.25. The first-order valence-electron chi connectivity index (χ1n) is 8.12. The topological polar surface area (TPSA) is 77.8 Å². The summed E-state index contributed by atoms with van der Waals surface area (Å²) in [6, 6.07) is 9.99. The Hall–Kier alpha value is -1.88. The van der Waals surface area contributed by atoms with Crippen LogP contribution in [0.2, 0.25) is 0 Å². The van der Waals surface area contributed by atoms with E-state index in [1.54, 1.807) is 4.90 Å². The molecule has 5 heteroatoms. The van der Waals surface area contributed by atoms with Gasteiger partial charge in [0.05, 0.1) is 0 Å². The Morgan fingerprint density at radius 1 is 1.17 bits per heavy atom. The number of nitrogens with zero attached hydrogens (tertiary/aromatic N) is 1. The van der Waals surface area contributed by atoms with Crippen molar-refractivity contribution in [3.63, 3.8) is 0 Å². The summed E-state index contributed by atoms with van der Waals surface area (Å²) >= 11 is 0. The molecule has 126 valence electrons. The fourth-order valence-corrected chi connectivity index (χ4v) is 3.10. The highest BCUT2D eigenvalue weighted by Gasteiger charge is 2.40. The molecule has 1 aromatic rings. The number of piperidine rings is 1. The van der Waals surface area contributed by atoms with Gasteiger partial charge in [-0.3, -0.25) is 4.79 Å². The Balaban J connectivity index is 2.00. The molecule has 1 fully saturated rings. The van der Waals surface area contributed by atoms with Crippen LogP contribution >= 0.6 is 0 Å². The highest BCUT2D eigenvalue weighted by molar-refractivity contribution is 5.80. The highest BCUT2D eigenvalue weighted by atomic mass is 16.4. The van der Waals surface area contributed by atoms with Crippen molar-refractivity contribution >= 4 is 11.9 Å². The van der Waals surface area contributed by atoms with E-state index in [4.69, 9.17) is 5.11 Å². The molecule has 1 aliphatic rings. The lowest BCUT2D eigenvalue weighted by Gasteiger charge is -2.36. The van der Waals surface area contributed by atoms with Gasteiger partial charge in [0, 0.05) is 32.4 Å². The molecule has 0 spiro atoms. The smallest absolute Gasteiger partial charge is 0.335 e. The van der Waals surface area contributed by atoms with Gasteiger partial charge < -0.3 is 15.1 Å². The molecule has 5 nitrogen and oxygen atoms in total. The Bertz CT molecular complexity index is 547. The molecule has 1 unspecified atom stereocenters. The number of hydrogen-bond acceptors (Lipinski definition) is 3. The molecular weight excluding hydrogens is 294 g/mol. The lowest BCUT2D eigenvalue weighted by atomic mass is 9.85. The van der Waals surface area contributed by atoms with Crippen molar-refractivity contribution in [1.29, 1.82) is 0 Å². The van der Waals surface area contributed by atoms with Crippen LogP contribution in [0.5, 0.6) is 0 Å². The maximum atomic E-state index is 12.6. The van der Waals surface area contributed by atoms with Crippen molar-refractivity contribution in [2.75, 3.05) is 13.1 Å². The molecule has 0 radical (unpaired) electrons. The molecule has 0 aliphatic carbocycles. The largest absolute Gasteiger partial charge is 0.479 e. The molecule has 1 saturated heterocycles. The van der Waals surface area contributed by atoms with Crippen molar-refractivity contribution in [3.05, 3.63) is 35.9 Å². The van der Waals surface area contributed by atoms with E-state index in [0.29, 0.717) is 25.4 Å². The van der Waals surface area contributed by atoms with Crippen LogP contribution in [-0.4, -0.2) is 45.7 Å². The minimum atomic E-state index is -1.69. The molecular formula is C18H25NO4. The van der Waals surface area contributed by atoms with Crippen molar-refractivity contribution in [1.82, 2.24) is 4.90 Å². The molecule has 23 heavy (non-hydrogen) atoms. The van der Waals surface area contributed by atoms with Gasteiger partial charge in [-0.15, -0.1) is 0 Å². The molecule has 1 heterocycles. The Morgan fingerprint density at radius 2 is 1.74 bits per heavy atom. The maximum absolute atomic E-state index is 12.6. The van der Waals surface area contributed by atoms with Crippen molar-refractivity contribution in [2.24, 2.45) is 5.92 Å². The van der Waals surface area contributed by atoms with Crippen LogP contribution in [-0.2, 0) is 9.59 Å². The fraction of sp³-hybridized carbons (Fsp3) is 0.556. The maximum Gasteiger partial charge on any atom is 0.335 e. The number of benzene rings is 1. The average Bonchev–Trinajstić information content (AvgIpc) is 2.53. The molecule has 0 aromatic heterocycles. The van der Waals surface area contributed by atoms with E-state index >= 15 is 0 Å². The van der Waals surface area contributed by atoms with Crippen LogP contribution in [0.25, 0.3) is 0 Å². The second-order valence-electron chi connectivity index (χ2n) is 6.68. The van der Waals surface area contributed by atoms with E-state index in [0.717, 1.165) is 5.56 Å². The summed E-state index contributed by atoms with van der Waals surface area (Å²) in [7, 11) is 0. The summed E-state index contributed by atoms with van der Waals surface area (Å²) in [6.07, 6.45) is 0.588. The number of rotatable bonds is 5. The van der Waals surface area contributed by atoms with Gasteiger partial charge in [0.2, 0.25) is 5.91 Å². The van der Waals surface area contributed by atoms with Crippen molar-refractivity contribution in [3.8, 4) is 0 Å². The molecule has 2 rings (SSSR count). The van der Waals surface area contributed by atoms with Crippen LogP contribution in [0.3, 0.4) is 0 Å². The zero-order valence-corrected chi connectivity index (χ0v) is 13.7. The minimum Gasteiger partial charge on any atom is -0.479 e. The molecule has 0 saturated carbocycles. The summed E-state index contributed by atoms with van der Waals surface area (Å²) < 4.78 is 0. The van der Waals surface area contributed by atoms with E-state index in [1.165, 1.54) is 0 Å². The zero-order valence-electron chi connectivity index (χ0n) is 13.7. The van der Waals surface area contributed by atoms with Gasteiger partial charge in [-0.2, -0.15) is 0 Å². The van der Waals surface area contributed by atoms with Gasteiger partial charge in [-0.1, -0.05) is 44.2 Å². The quantitative estimate of drug-likeness (QED) is 0.872.